The van der Waals surface area contributed by atoms with Crippen molar-refractivity contribution in [2.45, 2.75) is 134 Å². The molecule has 3 heterocycles. The molecular weight excluding hydrogens is 981 g/mol. The number of ether oxygens (including phenoxy) is 1. The topological polar surface area (TPSA) is 217 Å². The molecule has 1 fully saturated rings. The van der Waals surface area contributed by atoms with Crippen LogP contribution in [0.15, 0.2) is 109 Å². The first-order valence-electron chi connectivity index (χ1n) is 28.5. The lowest BCUT2D eigenvalue weighted by atomic mass is 9.71. The number of aliphatic hydroxyl groups excluding tert-OH is 4. The van der Waals surface area contributed by atoms with Gasteiger partial charge in [-0.25, -0.2) is 0 Å². The number of hydrogen-bond acceptors (Lipinski definition) is 12. The number of hydrogen-bond donors (Lipinski definition) is 10. The molecule has 0 unspecified atom stereocenters. The predicted octanol–water partition coefficient (Wildman–Crippen LogP) is 9.10. The third-order valence-electron chi connectivity index (χ3n) is 17.4. The maximum Gasteiger partial charge on any atom is 0.173 e. The van der Waals surface area contributed by atoms with Gasteiger partial charge in [0.25, 0.3) is 0 Å². The maximum atomic E-state index is 15.3. The average Bonchev–Trinajstić information content (AvgIpc) is 3.88. The van der Waals surface area contributed by atoms with Crippen molar-refractivity contribution in [3.63, 3.8) is 0 Å². The number of carbonyl (C=O) groups is 2. The Morgan fingerprint density at radius 3 is 2.42 bits per heavy atom. The number of methoxy groups -OCH3 is 1. The fraction of sp³-hybridized carbons (Fsp3) is 0.477. The van der Waals surface area contributed by atoms with Crippen LogP contribution in [0.4, 0.5) is 5.69 Å². The van der Waals surface area contributed by atoms with E-state index in [0.29, 0.717) is 87.5 Å². The van der Waals surface area contributed by atoms with Crippen molar-refractivity contribution in [1.29, 1.82) is 0 Å². The van der Waals surface area contributed by atoms with E-state index in [1.165, 1.54) is 7.11 Å². The Balaban J connectivity index is 1.20. The van der Waals surface area contributed by atoms with E-state index in [2.05, 4.69) is 64.8 Å². The molecule has 9 rings (SSSR count). The van der Waals surface area contributed by atoms with Gasteiger partial charge < -0.3 is 56.3 Å². The van der Waals surface area contributed by atoms with E-state index in [1.807, 2.05) is 73.8 Å². The van der Waals surface area contributed by atoms with Gasteiger partial charge in [-0.2, -0.15) is 0 Å². The smallest absolute Gasteiger partial charge is 0.173 e. The van der Waals surface area contributed by atoms with Crippen molar-refractivity contribution < 1.29 is 45.0 Å². The number of aromatic nitrogens is 1. The first-order chi connectivity index (χ1) is 37.7. The molecule has 13 heteroatoms. The van der Waals surface area contributed by atoms with Gasteiger partial charge in [0, 0.05) is 73.7 Å². The monoisotopic (exact) mass is 1060 g/mol. The van der Waals surface area contributed by atoms with Crippen LogP contribution in [0.5, 0.6) is 17.2 Å². The molecule has 0 radical (unpaired) electrons. The van der Waals surface area contributed by atoms with Crippen LogP contribution in [0, 0.1) is 47.3 Å². The van der Waals surface area contributed by atoms with Gasteiger partial charge in [0.15, 0.2) is 29.2 Å². The van der Waals surface area contributed by atoms with E-state index in [1.54, 1.807) is 12.1 Å². The third-order valence-corrected chi connectivity index (χ3v) is 17.4. The number of phenolic OH excluding ortho intramolecular Hbond substituents is 2. The number of benzene rings is 4. The summed E-state index contributed by atoms with van der Waals surface area (Å²) in [4.78, 5) is 33.0. The molecule has 13 nitrogen and oxygen atoms in total. The summed E-state index contributed by atoms with van der Waals surface area (Å²) in [6, 6.07) is 25.0. The zero-order valence-electron chi connectivity index (χ0n) is 45.7. The molecule has 9 bridgehead atoms. The minimum Gasteiger partial charge on any atom is -0.507 e. The number of anilines is 1. The van der Waals surface area contributed by atoms with Gasteiger partial charge in [0.05, 0.1) is 31.3 Å². The number of H-pyrrole nitrogens is 1. The lowest BCUT2D eigenvalue weighted by Gasteiger charge is -2.36. The minimum atomic E-state index is -1.88. The number of aromatic hydroxyl groups is 2. The summed E-state index contributed by atoms with van der Waals surface area (Å²) in [6.07, 6.45) is 7.58. The number of fused-ring (bicyclic) bond motifs is 9. The second kappa shape index (κ2) is 25.6. The molecule has 2 aliphatic heterocycles. The largest absolute Gasteiger partial charge is 0.507 e. The molecule has 10 N–H and O–H groups in total. The summed E-state index contributed by atoms with van der Waals surface area (Å²) in [7, 11) is 1.47. The summed E-state index contributed by atoms with van der Waals surface area (Å²) in [5.74, 6) is 4.56. The van der Waals surface area contributed by atoms with Crippen molar-refractivity contribution in [1.82, 2.24) is 15.6 Å². The normalized spacial score (nSPS) is 27.8. The standard InChI is InChI=1S/C65H80N4O9/c1-5-10-54-46-26-45(25-41-16-20-53(39-11-8-7-9-12-39)55-34-60(74)61(78-4)30-42(55)17-22-58(72)65(77)64(76)56(41)29-46)52(21-19-50(70)6-2)43-23-24-67-62(31-43)69-48-18-15-40-13-14-44(63(75)57(40)32-48)28-51(71)37-66-35-38(3)47-27-49(68-36-47)33-59(54)73/h7-9,11-15,18,23,27,30-32,34,36,38,41,45-46,50-54,56,59,65-71,73-75,77H,5-6,10,17,19,21-22,24-26,28-29,33,35,37H2,1-4H3/t38-,41-,45+,46-,50-,51+,52-,53+,54+,56-,59-,65+/m1/s1. The Labute approximate surface area is 459 Å². The van der Waals surface area contributed by atoms with Gasteiger partial charge in [0.2, 0.25) is 0 Å². The van der Waals surface area contributed by atoms with Crippen LogP contribution in [0.2, 0.25) is 0 Å². The number of allylic oxidation sites excluding steroid dienone is 2. The molecule has 5 aromatic rings. The van der Waals surface area contributed by atoms with Gasteiger partial charge in [0.1, 0.15) is 11.6 Å². The molecule has 78 heavy (non-hydrogen) atoms. The van der Waals surface area contributed by atoms with Gasteiger partial charge in [-0.15, -0.1) is 0 Å². The molecule has 414 valence electrons. The minimum absolute atomic E-state index is 0.0617. The Bertz CT molecular complexity index is 3030. The van der Waals surface area contributed by atoms with Gasteiger partial charge in [-0.1, -0.05) is 93.6 Å². The molecule has 1 saturated carbocycles. The van der Waals surface area contributed by atoms with Crippen molar-refractivity contribution >= 4 is 28.0 Å². The Kier molecular flexibility index (Phi) is 18.5. The van der Waals surface area contributed by atoms with Crippen LogP contribution < -0.4 is 20.7 Å². The molecule has 4 aliphatic rings. The van der Waals surface area contributed by atoms with Crippen LogP contribution in [0.25, 0.3) is 10.8 Å². The van der Waals surface area contributed by atoms with E-state index in [0.717, 1.165) is 51.3 Å². The highest BCUT2D eigenvalue weighted by molar-refractivity contribution is 6.06. The van der Waals surface area contributed by atoms with Crippen LogP contribution in [0.3, 0.4) is 0 Å². The number of Topliss-reactive ketones (excluding diaryl/α,β-unsaturated/α-hetero) is 2. The number of nitrogens with one attached hydrogen (secondary N) is 4. The highest BCUT2D eigenvalue weighted by atomic mass is 16.5. The lowest BCUT2D eigenvalue weighted by Crippen LogP contribution is -2.40. The SMILES string of the molecule is CCC[C@H]1[C@@H]2C[C@H](C[C@H]3C#C[C@@H](c4ccccc4)c4cc(O)c(OC)cc4CCC(=O)[C@H](O)C(=O)[C@@H]3C2)[C@H](CC[C@H](O)CC)C2=CCNC(=C2)Nc2ccc3ccc(c(O)c3c2)C[C@H](O)CNC[C@@H](C)c2c[nH]c(c2)C[C@H]1O. The number of phenols is 2. The van der Waals surface area contributed by atoms with E-state index >= 15 is 4.79 Å². The number of aryl methyl sites for hydroxylation is 1. The summed E-state index contributed by atoms with van der Waals surface area (Å²) in [5, 5.41) is 82.2. The molecule has 0 spiro atoms. The van der Waals surface area contributed by atoms with Gasteiger partial charge >= 0.3 is 0 Å². The van der Waals surface area contributed by atoms with Gasteiger partial charge in [-0.05, 0) is 156 Å². The van der Waals surface area contributed by atoms with Crippen molar-refractivity contribution in [3.8, 4) is 29.1 Å². The van der Waals surface area contributed by atoms with Crippen molar-refractivity contribution in [2.24, 2.45) is 35.5 Å². The predicted molar refractivity (Wildman–Crippen MR) is 305 cm³/mol. The zero-order valence-corrected chi connectivity index (χ0v) is 45.7. The van der Waals surface area contributed by atoms with Crippen LogP contribution >= 0.6 is 0 Å². The molecule has 2 aliphatic carbocycles. The number of dihydropyridines is 1. The summed E-state index contributed by atoms with van der Waals surface area (Å²) in [6.45, 7) is 7.65. The number of β-amino-alcohol motifs (C(OH)–C–C–N with tert-alkyl or cyclic N) is 1. The van der Waals surface area contributed by atoms with Crippen molar-refractivity contribution in [2.75, 3.05) is 32.1 Å². The van der Waals surface area contributed by atoms with Crippen LogP contribution in [0.1, 0.15) is 124 Å². The number of ketones is 2. The van der Waals surface area contributed by atoms with Crippen LogP contribution in [-0.2, 0) is 28.9 Å². The van der Waals surface area contributed by atoms with Crippen molar-refractivity contribution in [3.05, 3.63) is 142 Å². The number of rotatable bonds is 8. The molecular formula is C65H80N4O9. The Hall–Kier alpha value is -6.40. The average molecular weight is 1060 g/mol. The molecule has 12 atom stereocenters. The Morgan fingerprint density at radius 2 is 1.64 bits per heavy atom. The zero-order chi connectivity index (χ0) is 55.0. The number of carbonyl (C=O) groups excluding carboxylic acids is 2. The first-order valence-corrected chi connectivity index (χ1v) is 28.5. The summed E-state index contributed by atoms with van der Waals surface area (Å²) < 4.78 is 5.54. The molecule has 4 aromatic carbocycles. The van der Waals surface area contributed by atoms with Crippen LogP contribution in [-0.4, -0.2) is 98.3 Å². The first kappa shape index (κ1) is 56.3. The summed E-state index contributed by atoms with van der Waals surface area (Å²) >= 11 is 0. The lowest BCUT2D eigenvalue weighted by molar-refractivity contribution is -0.142. The third kappa shape index (κ3) is 13.0. The van der Waals surface area contributed by atoms with Gasteiger partial charge in [-0.3, -0.25) is 9.59 Å². The van der Waals surface area contributed by atoms with E-state index in [4.69, 9.17) is 4.74 Å². The number of aromatic amines is 1. The van der Waals surface area contributed by atoms with E-state index < -0.39 is 53.7 Å². The number of aliphatic hydroxyl groups is 4. The second-order valence-corrected chi connectivity index (χ2v) is 22.7. The maximum absolute atomic E-state index is 15.3. The van der Waals surface area contributed by atoms with E-state index in [9.17, 15) is 35.4 Å². The fourth-order valence-electron chi connectivity index (χ4n) is 13.0. The molecule has 1 aromatic heterocycles. The Morgan fingerprint density at radius 1 is 0.833 bits per heavy atom. The second-order valence-electron chi connectivity index (χ2n) is 22.7. The fourth-order valence-corrected chi connectivity index (χ4v) is 13.0. The van der Waals surface area contributed by atoms with E-state index in [-0.39, 0.29) is 66.1 Å². The molecule has 0 amide bonds. The highest BCUT2D eigenvalue weighted by Crippen LogP contribution is 2.48. The summed E-state index contributed by atoms with van der Waals surface area (Å²) in [5.41, 5.74) is 6.73. The molecule has 0 saturated heterocycles. The quantitative estimate of drug-likeness (QED) is 0.0520. The highest BCUT2D eigenvalue weighted by Gasteiger charge is 2.45.